The summed E-state index contributed by atoms with van der Waals surface area (Å²) < 4.78 is 0. The Morgan fingerprint density at radius 2 is 1.60 bits per heavy atom. The molecule has 7 heteroatoms. The lowest BCUT2D eigenvalue weighted by Crippen LogP contribution is -2.15. The van der Waals surface area contributed by atoms with Gasteiger partial charge < -0.3 is 10.6 Å². The summed E-state index contributed by atoms with van der Waals surface area (Å²) in [6, 6.07) is 15.8. The Labute approximate surface area is 155 Å². The van der Waals surface area contributed by atoms with Crippen LogP contribution in [0.5, 0.6) is 0 Å². The molecule has 3 aromatic rings. The van der Waals surface area contributed by atoms with Crippen LogP contribution in [0.2, 0.25) is 10.0 Å². The molecule has 0 spiro atoms. The molecule has 0 bridgehead atoms. The number of anilines is 3. The smallest absolute Gasteiger partial charge is 0.274 e. The minimum atomic E-state index is -0.316. The van der Waals surface area contributed by atoms with Crippen LogP contribution in [-0.2, 0) is 0 Å². The fourth-order valence-electron chi connectivity index (χ4n) is 2.24. The summed E-state index contributed by atoms with van der Waals surface area (Å²) in [6.45, 7) is 1.72. The Morgan fingerprint density at radius 1 is 0.920 bits per heavy atom. The zero-order valence-electron chi connectivity index (χ0n) is 13.3. The van der Waals surface area contributed by atoms with Crippen LogP contribution in [0.1, 0.15) is 16.3 Å². The number of hydrogen-bond acceptors (Lipinski definition) is 4. The molecule has 126 valence electrons. The van der Waals surface area contributed by atoms with Gasteiger partial charge in [0.1, 0.15) is 17.3 Å². The third kappa shape index (κ3) is 4.68. The minimum Gasteiger partial charge on any atom is -0.340 e. The Hall–Kier alpha value is -2.63. The van der Waals surface area contributed by atoms with Gasteiger partial charge in [0.05, 0.1) is 0 Å². The van der Waals surface area contributed by atoms with E-state index in [2.05, 4.69) is 20.6 Å². The highest BCUT2D eigenvalue weighted by atomic mass is 35.5. The molecule has 0 fully saturated rings. The molecule has 1 heterocycles. The van der Waals surface area contributed by atoms with E-state index in [-0.39, 0.29) is 11.6 Å². The Balaban J connectivity index is 1.83. The predicted molar refractivity (Wildman–Crippen MR) is 101 cm³/mol. The summed E-state index contributed by atoms with van der Waals surface area (Å²) >= 11 is 12.0. The molecular formula is C18H14Cl2N4O. The van der Waals surface area contributed by atoms with Gasteiger partial charge in [0, 0.05) is 27.5 Å². The van der Waals surface area contributed by atoms with Crippen LogP contribution >= 0.6 is 23.2 Å². The van der Waals surface area contributed by atoms with Crippen molar-refractivity contribution in [3.63, 3.8) is 0 Å². The highest BCUT2D eigenvalue weighted by molar-refractivity contribution is 6.35. The number of aryl methyl sites for hydroxylation is 1. The highest BCUT2D eigenvalue weighted by Gasteiger charge is 2.11. The van der Waals surface area contributed by atoms with Crippen molar-refractivity contribution in [2.24, 2.45) is 0 Å². The van der Waals surface area contributed by atoms with Gasteiger partial charge in [0.15, 0.2) is 0 Å². The molecule has 1 amide bonds. The van der Waals surface area contributed by atoms with Gasteiger partial charge in [-0.1, -0.05) is 41.4 Å². The number of aromatic nitrogens is 2. The number of nitrogens with one attached hydrogen (secondary N) is 2. The van der Waals surface area contributed by atoms with E-state index in [1.54, 1.807) is 43.3 Å². The maximum Gasteiger partial charge on any atom is 0.274 e. The van der Waals surface area contributed by atoms with Gasteiger partial charge in [-0.05, 0) is 37.3 Å². The predicted octanol–water partition coefficient (Wildman–Crippen LogP) is 5.09. The summed E-state index contributed by atoms with van der Waals surface area (Å²) in [7, 11) is 0. The molecule has 0 saturated heterocycles. The number of amides is 1. The Bertz CT molecular complexity index is 896. The quantitative estimate of drug-likeness (QED) is 0.669. The molecule has 1 aromatic heterocycles. The van der Waals surface area contributed by atoms with Gasteiger partial charge >= 0.3 is 0 Å². The zero-order valence-corrected chi connectivity index (χ0v) is 14.8. The number of halogens is 2. The van der Waals surface area contributed by atoms with Crippen molar-refractivity contribution in [1.82, 2.24) is 9.97 Å². The number of carbonyl (C=O) groups excluding carboxylic acids is 1. The Kier molecular flexibility index (Phi) is 5.16. The van der Waals surface area contributed by atoms with E-state index < -0.39 is 0 Å². The maximum absolute atomic E-state index is 12.4. The Morgan fingerprint density at radius 3 is 2.28 bits per heavy atom. The van der Waals surface area contributed by atoms with E-state index in [1.807, 2.05) is 18.2 Å². The van der Waals surface area contributed by atoms with Crippen LogP contribution in [0.15, 0.2) is 54.6 Å². The monoisotopic (exact) mass is 372 g/mol. The summed E-state index contributed by atoms with van der Waals surface area (Å²) in [5, 5.41) is 6.89. The van der Waals surface area contributed by atoms with Gasteiger partial charge in [-0.3, -0.25) is 4.79 Å². The number of nitrogens with zero attached hydrogens (tertiary/aromatic N) is 2. The van der Waals surface area contributed by atoms with Gasteiger partial charge in [0.2, 0.25) is 0 Å². The summed E-state index contributed by atoms with van der Waals surface area (Å²) in [4.78, 5) is 20.9. The van der Waals surface area contributed by atoms with Gasteiger partial charge in [-0.15, -0.1) is 0 Å². The van der Waals surface area contributed by atoms with E-state index in [9.17, 15) is 4.79 Å². The molecule has 0 radical (unpaired) electrons. The third-order valence-corrected chi connectivity index (χ3v) is 3.67. The number of para-hydroxylation sites is 1. The molecule has 2 N–H and O–H groups in total. The lowest BCUT2D eigenvalue weighted by Gasteiger charge is -2.10. The largest absolute Gasteiger partial charge is 0.340 e. The normalized spacial score (nSPS) is 10.4. The zero-order chi connectivity index (χ0) is 17.8. The average Bonchev–Trinajstić information content (AvgIpc) is 2.54. The molecular weight excluding hydrogens is 359 g/mol. The highest BCUT2D eigenvalue weighted by Crippen LogP contribution is 2.25. The number of benzene rings is 2. The number of carbonyl (C=O) groups is 1. The molecule has 0 aliphatic heterocycles. The topological polar surface area (TPSA) is 66.9 Å². The lowest BCUT2D eigenvalue weighted by atomic mass is 10.3. The van der Waals surface area contributed by atoms with E-state index >= 15 is 0 Å². The molecule has 0 unspecified atom stereocenters. The van der Waals surface area contributed by atoms with Crippen molar-refractivity contribution in [2.75, 3.05) is 10.6 Å². The molecule has 0 saturated carbocycles. The van der Waals surface area contributed by atoms with Crippen LogP contribution in [0.4, 0.5) is 17.2 Å². The van der Waals surface area contributed by atoms with Crippen LogP contribution in [0.3, 0.4) is 0 Å². The van der Waals surface area contributed by atoms with Gasteiger partial charge in [0.25, 0.3) is 5.91 Å². The van der Waals surface area contributed by atoms with Crippen molar-refractivity contribution < 1.29 is 4.79 Å². The fourth-order valence-corrected chi connectivity index (χ4v) is 2.76. The summed E-state index contributed by atoms with van der Waals surface area (Å²) in [5.41, 5.74) is 1.62. The van der Waals surface area contributed by atoms with Gasteiger partial charge in [-0.25, -0.2) is 9.97 Å². The van der Waals surface area contributed by atoms with Crippen molar-refractivity contribution in [2.45, 2.75) is 6.92 Å². The first kappa shape index (κ1) is 17.2. The SMILES string of the molecule is Cc1nc(Nc2cc(Cl)cc(Cl)c2)cc(C(=O)Nc2ccccc2)n1. The molecule has 3 rings (SSSR count). The number of rotatable bonds is 4. The second-order valence-electron chi connectivity index (χ2n) is 5.29. The molecule has 25 heavy (non-hydrogen) atoms. The van der Waals surface area contributed by atoms with Crippen molar-refractivity contribution in [3.05, 3.63) is 76.2 Å². The van der Waals surface area contributed by atoms with E-state index in [0.717, 1.165) is 0 Å². The summed E-state index contributed by atoms with van der Waals surface area (Å²) in [5.74, 6) is 0.629. The van der Waals surface area contributed by atoms with Crippen LogP contribution in [-0.4, -0.2) is 15.9 Å². The standard InChI is InChI=1S/C18H14Cl2N4O/c1-11-21-16(18(25)24-14-5-3-2-4-6-14)10-17(22-11)23-15-8-12(19)7-13(20)9-15/h2-10H,1H3,(H,24,25)(H,21,22,23). The first-order valence-corrected chi connectivity index (χ1v) is 8.20. The van der Waals surface area contributed by atoms with Gasteiger partial charge in [-0.2, -0.15) is 0 Å². The van der Waals surface area contributed by atoms with Crippen LogP contribution in [0.25, 0.3) is 0 Å². The maximum atomic E-state index is 12.4. The molecule has 5 nitrogen and oxygen atoms in total. The number of hydrogen-bond donors (Lipinski definition) is 2. The van der Waals surface area contributed by atoms with E-state index in [4.69, 9.17) is 23.2 Å². The van der Waals surface area contributed by atoms with Crippen molar-refractivity contribution >= 4 is 46.3 Å². The summed E-state index contributed by atoms with van der Waals surface area (Å²) in [6.07, 6.45) is 0. The van der Waals surface area contributed by atoms with Crippen LogP contribution < -0.4 is 10.6 Å². The minimum absolute atomic E-state index is 0.256. The van der Waals surface area contributed by atoms with Crippen molar-refractivity contribution in [3.8, 4) is 0 Å². The lowest BCUT2D eigenvalue weighted by molar-refractivity contribution is 0.102. The van der Waals surface area contributed by atoms with Crippen LogP contribution in [0, 0.1) is 6.92 Å². The molecule has 0 aliphatic carbocycles. The fraction of sp³-hybridized carbons (Fsp3) is 0.0556. The molecule has 0 aliphatic rings. The molecule has 0 atom stereocenters. The second-order valence-corrected chi connectivity index (χ2v) is 6.16. The second kappa shape index (κ2) is 7.51. The van der Waals surface area contributed by atoms with Crippen molar-refractivity contribution in [1.29, 1.82) is 0 Å². The average molecular weight is 373 g/mol. The third-order valence-electron chi connectivity index (χ3n) is 3.24. The first-order chi connectivity index (χ1) is 12.0. The molecule has 2 aromatic carbocycles. The van der Waals surface area contributed by atoms with E-state index in [0.29, 0.717) is 33.1 Å². The van der Waals surface area contributed by atoms with E-state index in [1.165, 1.54) is 0 Å². The first-order valence-electron chi connectivity index (χ1n) is 7.45.